The summed E-state index contributed by atoms with van der Waals surface area (Å²) >= 11 is 0. The molecule has 3 rings (SSSR count). The van der Waals surface area contributed by atoms with Crippen LogP contribution in [-0.4, -0.2) is 24.8 Å². The van der Waals surface area contributed by atoms with E-state index in [1.165, 1.54) is 5.56 Å². The molecule has 0 saturated carbocycles. The molecule has 0 aliphatic heterocycles. The predicted octanol–water partition coefficient (Wildman–Crippen LogP) is 4.74. The van der Waals surface area contributed by atoms with Gasteiger partial charge in [0, 0.05) is 35.4 Å². The summed E-state index contributed by atoms with van der Waals surface area (Å²) in [4.78, 5) is 12.4. The van der Waals surface area contributed by atoms with Crippen LogP contribution in [0, 0.1) is 20.8 Å². The Kier molecular flexibility index (Phi) is 6.12. The summed E-state index contributed by atoms with van der Waals surface area (Å²) in [7, 11) is 3.14. The van der Waals surface area contributed by atoms with Crippen molar-refractivity contribution in [1.29, 1.82) is 0 Å². The van der Waals surface area contributed by atoms with Gasteiger partial charge in [-0.15, -0.1) is 0 Å². The average Bonchev–Trinajstić information content (AvgIpc) is 2.99. The number of hydrogen-bond acceptors (Lipinski definition) is 3. The van der Waals surface area contributed by atoms with Gasteiger partial charge in [-0.3, -0.25) is 0 Å². The summed E-state index contributed by atoms with van der Waals surface area (Å²) in [6.07, 6.45) is 0. The zero-order valence-corrected chi connectivity index (χ0v) is 17.5. The van der Waals surface area contributed by atoms with E-state index in [2.05, 4.69) is 66.3 Å². The smallest absolute Gasteiger partial charge is 0.319 e. The van der Waals surface area contributed by atoms with Crippen LogP contribution in [0.3, 0.4) is 0 Å². The highest BCUT2D eigenvalue weighted by molar-refractivity contribution is 5.89. The fourth-order valence-electron chi connectivity index (χ4n) is 3.44. The largest absolute Gasteiger partial charge is 0.493 e. The molecule has 152 valence electrons. The molecule has 0 spiro atoms. The third-order valence-corrected chi connectivity index (χ3v) is 4.88. The van der Waals surface area contributed by atoms with Gasteiger partial charge in [0.2, 0.25) is 0 Å². The summed E-state index contributed by atoms with van der Waals surface area (Å²) in [5.74, 6) is 1.18. The zero-order chi connectivity index (χ0) is 21.0. The average molecular weight is 393 g/mol. The first-order valence-electron chi connectivity index (χ1n) is 9.44. The number of carbonyl (C=O) groups is 1. The first-order valence-corrected chi connectivity index (χ1v) is 9.44. The van der Waals surface area contributed by atoms with Gasteiger partial charge in [-0.2, -0.15) is 0 Å². The van der Waals surface area contributed by atoms with Gasteiger partial charge in [0.15, 0.2) is 11.5 Å². The van der Waals surface area contributed by atoms with E-state index >= 15 is 0 Å². The van der Waals surface area contributed by atoms with Crippen LogP contribution in [0.15, 0.2) is 48.5 Å². The molecular formula is C23H27N3O3. The van der Waals surface area contributed by atoms with Crippen molar-refractivity contribution in [1.82, 2.24) is 9.88 Å². The van der Waals surface area contributed by atoms with Crippen molar-refractivity contribution in [3.8, 4) is 17.2 Å². The number of urea groups is 1. The summed E-state index contributed by atoms with van der Waals surface area (Å²) in [5, 5.41) is 5.75. The van der Waals surface area contributed by atoms with Gasteiger partial charge in [-0.25, -0.2) is 4.79 Å². The molecule has 0 aliphatic carbocycles. The van der Waals surface area contributed by atoms with Gasteiger partial charge in [0.1, 0.15) is 0 Å². The highest BCUT2D eigenvalue weighted by atomic mass is 16.5. The molecule has 0 unspecified atom stereocenters. The Morgan fingerprint density at radius 3 is 2.41 bits per heavy atom. The predicted molar refractivity (Wildman–Crippen MR) is 115 cm³/mol. The molecule has 6 heteroatoms. The molecule has 0 saturated heterocycles. The second kappa shape index (κ2) is 8.73. The van der Waals surface area contributed by atoms with Crippen LogP contribution in [0.25, 0.3) is 5.69 Å². The summed E-state index contributed by atoms with van der Waals surface area (Å²) in [6, 6.07) is 15.5. The normalized spacial score (nSPS) is 10.5. The van der Waals surface area contributed by atoms with Crippen molar-refractivity contribution < 1.29 is 14.3 Å². The van der Waals surface area contributed by atoms with Crippen LogP contribution in [0.1, 0.15) is 22.5 Å². The van der Waals surface area contributed by atoms with Gasteiger partial charge in [0.25, 0.3) is 0 Å². The Labute approximate surface area is 171 Å². The van der Waals surface area contributed by atoms with Gasteiger partial charge in [0.05, 0.1) is 14.2 Å². The van der Waals surface area contributed by atoms with Gasteiger partial charge in [-0.1, -0.05) is 12.1 Å². The first kappa shape index (κ1) is 20.3. The van der Waals surface area contributed by atoms with Crippen molar-refractivity contribution in [2.45, 2.75) is 27.3 Å². The number of amides is 2. The summed E-state index contributed by atoms with van der Waals surface area (Å²) < 4.78 is 12.7. The second-order valence-corrected chi connectivity index (χ2v) is 6.95. The molecule has 0 atom stereocenters. The van der Waals surface area contributed by atoms with Crippen LogP contribution in [-0.2, 0) is 6.54 Å². The fourth-order valence-corrected chi connectivity index (χ4v) is 3.44. The topological polar surface area (TPSA) is 64.5 Å². The lowest BCUT2D eigenvalue weighted by Crippen LogP contribution is -2.28. The van der Waals surface area contributed by atoms with Crippen LogP contribution in [0.5, 0.6) is 11.5 Å². The first-order chi connectivity index (χ1) is 13.9. The van der Waals surface area contributed by atoms with E-state index in [1.54, 1.807) is 32.4 Å². The van der Waals surface area contributed by atoms with E-state index in [9.17, 15) is 4.79 Å². The summed E-state index contributed by atoms with van der Waals surface area (Å²) in [6.45, 7) is 6.66. The third kappa shape index (κ3) is 4.54. The number of benzene rings is 2. The maximum Gasteiger partial charge on any atom is 0.319 e. The van der Waals surface area contributed by atoms with E-state index in [0.29, 0.717) is 23.7 Å². The zero-order valence-electron chi connectivity index (χ0n) is 17.5. The number of nitrogens with one attached hydrogen (secondary N) is 2. The molecular weight excluding hydrogens is 366 g/mol. The highest BCUT2D eigenvalue weighted by Crippen LogP contribution is 2.29. The number of hydrogen-bond donors (Lipinski definition) is 2. The number of anilines is 1. The van der Waals surface area contributed by atoms with Crippen LogP contribution in [0.4, 0.5) is 10.5 Å². The monoisotopic (exact) mass is 393 g/mol. The number of rotatable bonds is 6. The molecule has 29 heavy (non-hydrogen) atoms. The van der Waals surface area contributed by atoms with Crippen molar-refractivity contribution in [3.05, 3.63) is 71.0 Å². The molecule has 2 N–H and O–H groups in total. The Bertz CT molecular complexity index is 1020. The van der Waals surface area contributed by atoms with E-state index in [1.807, 2.05) is 0 Å². The van der Waals surface area contributed by atoms with Crippen LogP contribution < -0.4 is 20.1 Å². The molecule has 2 amide bonds. The van der Waals surface area contributed by atoms with E-state index in [0.717, 1.165) is 22.6 Å². The minimum Gasteiger partial charge on any atom is -0.493 e. The minimum absolute atomic E-state index is 0.280. The number of methoxy groups -OCH3 is 2. The van der Waals surface area contributed by atoms with E-state index in [4.69, 9.17) is 9.47 Å². The minimum atomic E-state index is -0.280. The quantitative estimate of drug-likeness (QED) is 0.636. The number of ether oxygens (including phenoxy) is 2. The number of nitrogens with zero attached hydrogens (tertiary/aromatic N) is 1. The molecule has 1 heterocycles. The standard InChI is InChI=1S/C23H27N3O3/c1-15-7-6-8-20(11-15)26-16(2)12-18(17(26)3)14-24-23(27)25-19-9-10-21(28-4)22(13-19)29-5/h6-13H,14H2,1-5H3,(H2,24,25,27). The van der Waals surface area contributed by atoms with Crippen LogP contribution in [0.2, 0.25) is 0 Å². The van der Waals surface area contributed by atoms with Gasteiger partial charge >= 0.3 is 6.03 Å². The molecule has 0 radical (unpaired) electrons. The molecule has 0 bridgehead atoms. The third-order valence-electron chi connectivity index (χ3n) is 4.88. The Morgan fingerprint density at radius 2 is 1.72 bits per heavy atom. The number of aryl methyl sites for hydroxylation is 2. The number of aromatic nitrogens is 1. The molecule has 1 aromatic heterocycles. The molecule has 2 aromatic carbocycles. The van der Waals surface area contributed by atoms with E-state index < -0.39 is 0 Å². The van der Waals surface area contributed by atoms with Gasteiger partial charge < -0.3 is 24.7 Å². The Balaban J connectivity index is 1.69. The summed E-state index contributed by atoms with van der Waals surface area (Å²) in [5.41, 5.74) is 6.28. The Morgan fingerprint density at radius 1 is 0.966 bits per heavy atom. The lowest BCUT2D eigenvalue weighted by atomic mass is 10.2. The fraction of sp³-hybridized carbons (Fsp3) is 0.261. The highest BCUT2D eigenvalue weighted by Gasteiger charge is 2.12. The van der Waals surface area contributed by atoms with E-state index in [-0.39, 0.29) is 6.03 Å². The maximum atomic E-state index is 12.4. The second-order valence-electron chi connectivity index (χ2n) is 6.95. The molecule has 0 aliphatic rings. The number of carbonyl (C=O) groups excluding carboxylic acids is 1. The van der Waals surface area contributed by atoms with Crippen molar-refractivity contribution in [2.75, 3.05) is 19.5 Å². The van der Waals surface area contributed by atoms with Crippen molar-refractivity contribution in [2.24, 2.45) is 0 Å². The maximum absolute atomic E-state index is 12.4. The SMILES string of the molecule is COc1ccc(NC(=O)NCc2cc(C)n(-c3cccc(C)c3)c2C)cc1OC. The lowest BCUT2D eigenvalue weighted by molar-refractivity contribution is 0.251. The Hall–Kier alpha value is -3.41. The molecule has 0 fully saturated rings. The van der Waals surface area contributed by atoms with Crippen LogP contribution >= 0.6 is 0 Å². The van der Waals surface area contributed by atoms with Gasteiger partial charge in [-0.05, 0) is 62.2 Å². The lowest BCUT2D eigenvalue weighted by Gasteiger charge is -2.12. The van der Waals surface area contributed by atoms with Crippen molar-refractivity contribution in [3.63, 3.8) is 0 Å². The molecule has 3 aromatic rings. The van der Waals surface area contributed by atoms with Crippen molar-refractivity contribution >= 4 is 11.7 Å². The molecule has 6 nitrogen and oxygen atoms in total.